The predicted molar refractivity (Wildman–Crippen MR) is 136 cm³/mol. The lowest BCUT2D eigenvalue weighted by atomic mass is 10.2. The van der Waals surface area contributed by atoms with Gasteiger partial charge in [0.25, 0.3) is 0 Å². The Morgan fingerprint density at radius 2 is 1.87 bits per heavy atom. The van der Waals surface area contributed by atoms with Crippen LogP contribution in [0.4, 0.5) is 0 Å². The fourth-order valence-corrected chi connectivity index (χ4v) is 4.03. The van der Waals surface area contributed by atoms with E-state index in [0.29, 0.717) is 11.6 Å². The lowest BCUT2D eigenvalue weighted by Crippen LogP contribution is -2.19. The first kappa shape index (κ1) is 23.1. The SMILES string of the molecule is O=C(CSc1ccc(Cl)cc1)N/N=C\c1ccc(OCc2ccc(I)cc2)c(Br)c1. The predicted octanol–water partition coefficient (Wildman–Crippen LogP) is 6.53. The molecule has 1 N–H and O–H groups in total. The molecule has 0 saturated carbocycles. The molecular formula is C22H17BrClIN2O2S. The molecule has 0 aliphatic carbocycles. The van der Waals surface area contributed by atoms with Crippen molar-refractivity contribution in [1.82, 2.24) is 5.43 Å². The fraction of sp³-hybridized carbons (Fsp3) is 0.0909. The highest BCUT2D eigenvalue weighted by atomic mass is 127. The molecule has 3 aromatic rings. The molecular weight excluding hydrogens is 599 g/mol. The topological polar surface area (TPSA) is 50.7 Å². The van der Waals surface area contributed by atoms with Gasteiger partial charge in [0.05, 0.1) is 16.4 Å². The van der Waals surface area contributed by atoms with E-state index in [1.807, 2.05) is 42.5 Å². The number of thioether (sulfide) groups is 1. The molecule has 0 aliphatic heterocycles. The number of rotatable bonds is 8. The summed E-state index contributed by atoms with van der Waals surface area (Å²) in [7, 11) is 0. The zero-order valence-electron chi connectivity index (χ0n) is 15.6. The van der Waals surface area contributed by atoms with E-state index in [0.717, 1.165) is 26.2 Å². The molecule has 0 aromatic heterocycles. The Morgan fingerprint density at radius 1 is 1.13 bits per heavy atom. The summed E-state index contributed by atoms with van der Waals surface area (Å²) in [5.74, 6) is 0.838. The van der Waals surface area contributed by atoms with Crippen LogP contribution in [-0.4, -0.2) is 17.9 Å². The molecule has 0 radical (unpaired) electrons. The van der Waals surface area contributed by atoms with Crippen LogP contribution >= 0.6 is 61.9 Å². The van der Waals surface area contributed by atoms with Gasteiger partial charge in [0.15, 0.2) is 0 Å². The molecule has 1 amide bonds. The largest absolute Gasteiger partial charge is 0.488 e. The van der Waals surface area contributed by atoms with Gasteiger partial charge in [0, 0.05) is 13.5 Å². The average molecular weight is 616 g/mol. The third kappa shape index (κ3) is 7.61. The van der Waals surface area contributed by atoms with Crippen molar-refractivity contribution < 1.29 is 9.53 Å². The van der Waals surface area contributed by atoms with Crippen LogP contribution in [0.25, 0.3) is 0 Å². The monoisotopic (exact) mass is 614 g/mol. The van der Waals surface area contributed by atoms with Crippen molar-refractivity contribution in [2.24, 2.45) is 5.10 Å². The van der Waals surface area contributed by atoms with Crippen molar-refractivity contribution in [2.45, 2.75) is 11.5 Å². The minimum atomic E-state index is -0.178. The number of nitrogens with one attached hydrogen (secondary N) is 1. The molecule has 0 heterocycles. The highest BCUT2D eigenvalue weighted by molar-refractivity contribution is 14.1. The average Bonchev–Trinajstić information content (AvgIpc) is 2.74. The minimum absolute atomic E-state index is 0.178. The van der Waals surface area contributed by atoms with E-state index in [1.165, 1.54) is 15.3 Å². The second kappa shape index (κ2) is 11.7. The third-order valence-electron chi connectivity index (χ3n) is 3.85. The smallest absolute Gasteiger partial charge is 0.250 e. The Labute approximate surface area is 206 Å². The van der Waals surface area contributed by atoms with Gasteiger partial charge < -0.3 is 4.74 Å². The summed E-state index contributed by atoms with van der Waals surface area (Å²) in [4.78, 5) is 12.9. The van der Waals surface area contributed by atoms with Crippen LogP contribution in [-0.2, 0) is 11.4 Å². The zero-order chi connectivity index (χ0) is 21.3. The van der Waals surface area contributed by atoms with Gasteiger partial charge in [-0.2, -0.15) is 5.10 Å². The highest BCUT2D eigenvalue weighted by Gasteiger charge is 2.04. The van der Waals surface area contributed by atoms with E-state index in [-0.39, 0.29) is 11.7 Å². The van der Waals surface area contributed by atoms with Gasteiger partial charge in [-0.25, -0.2) is 5.43 Å². The Hall–Kier alpha value is -1.55. The van der Waals surface area contributed by atoms with Crippen molar-refractivity contribution in [2.75, 3.05) is 5.75 Å². The van der Waals surface area contributed by atoms with Crippen LogP contribution in [0.1, 0.15) is 11.1 Å². The number of ether oxygens (including phenoxy) is 1. The number of hydrogen-bond donors (Lipinski definition) is 1. The number of carbonyl (C=O) groups is 1. The van der Waals surface area contributed by atoms with E-state index >= 15 is 0 Å². The standard InChI is InChI=1S/C22H17BrClIN2O2S/c23-20-11-16(3-10-21(20)29-13-15-1-6-18(25)7-2-15)12-26-27-22(28)14-30-19-8-4-17(24)5-9-19/h1-12H,13-14H2,(H,27,28)/b26-12-. The van der Waals surface area contributed by atoms with Crippen LogP contribution < -0.4 is 10.2 Å². The summed E-state index contributed by atoms with van der Waals surface area (Å²) in [5.41, 5.74) is 4.48. The van der Waals surface area contributed by atoms with Crippen molar-refractivity contribution >= 4 is 74.0 Å². The number of benzene rings is 3. The van der Waals surface area contributed by atoms with Crippen LogP contribution in [0, 0.1) is 3.57 Å². The summed E-state index contributed by atoms with van der Waals surface area (Å²) in [6, 6.07) is 21.2. The maximum atomic E-state index is 11.9. The summed E-state index contributed by atoms with van der Waals surface area (Å²) >= 11 is 13.1. The molecule has 8 heteroatoms. The molecule has 3 rings (SSSR count). The normalized spacial score (nSPS) is 10.9. The lowest BCUT2D eigenvalue weighted by Gasteiger charge is -2.09. The molecule has 4 nitrogen and oxygen atoms in total. The van der Waals surface area contributed by atoms with Gasteiger partial charge in [-0.05, 0) is 104 Å². The molecule has 0 aliphatic rings. The second-order valence-corrected chi connectivity index (χ2v) is 9.73. The minimum Gasteiger partial charge on any atom is -0.488 e. The van der Waals surface area contributed by atoms with Crippen molar-refractivity contribution in [3.63, 3.8) is 0 Å². The molecule has 0 bridgehead atoms. The Bertz CT molecular complexity index is 1030. The lowest BCUT2D eigenvalue weighted by molar-refractivity contribution is -0.118. The number of halogens is 3. The van der Waals surface area contributed by atoms with Crippen LogP contribution in [0.3, 0.4) is 0 Å². The fourth-order valence-electron chi connectivity index (χ4n) is 2.35. The quantitative estimate of drug-likeness (QED) is 0.136. The van der Waals surface area contributed by atoms with Crippen LogP contribution in [0.2, 0.25) is 5.02 Å². The second-order valence-electron chi connectivity index (χ2n) is 6.14. The molecule has 0 spiro atoms. The van der Waals surface area contributed by atoms with E-state index in [9.17, 15) is 4.79 Å². The summed E-state index contributed by atoms with van der Waals surface area (Å²) in [6.07, 6.45) is 1.60. The van der Waals surface area contributed by atoms with E-state index in [2.05, 4.69) is 61.2 Å². The maximum absolute atomic E-state index is 11.9. The van der Waals surface area contributed by atoms with E-state index in [4.69, 9.17) is 16.3 Å². The number of amides is 1. The molecule has 3 aromatic carbocycles. The van der Waals surface area contributed by atoms with Gasteiger partial charge >= 0.3 is 0 Å². The molecule has 0 unspecified atom stereocenters. The van der Waals surface area contributed by atoms with Crippen molar-refractivity contribution in [1.29, 1.82) is 0 Å². The van der Waals surface area contributed by atoms with Gasteiger partial charge in [-0.15, -0.1) is 11.8 Å². The summed E-state index contributed by atoms with van der Waals surface area (Å²) in [5, 5.41) is 4.69. The molecule has 30 heavy (non-hydrogen) atoms. The Morgan fingerprint density at radius 3 is 2.57 bits per heavy atom. The number of hydrogen-bond acceptors (Lipinski definition) is 4. The maximum Gasteiger partial charge on any atom is 0.250 e. The number of hydrazone groups is 1. The Kier molecular flexibility index (Phi) is 9.05. The molecule has 0 atom stereocenters. The molecule has 0 fully saturated rings. The molecule has 154 valence electrons. The highest BCUT2D eigenvalue weighted by Crippen LogP contribution is 2.26. The zero-order valence-corrected chi connectivity index (χ0v) is 21.0. The van der Waals surface area contributed by atoms with Crippen molar-refractivity contribution in [3.05, 3.63) is 90.9 Å². The molecule has 0 saturated heterocycles. The third-order valence-corrected chi connectivity index (χ3v) is 6.45. The Balaban J connectivity index is 1.47. The summed E-state index contributed by atoms with van der Waals surface area (Å²) in [6.45, 7) is 0.490. The van der Waals surface area contributed by atoms with Crippen LogP contribution in [0.15, 0.2) is 81.2 Å². The van der Waals surface area contributed by atoms with E-state index in [1.54, 1.807) is 18.3 Å². The van der Waals surface area contributed by atoms with Gasteiger partial charge in [0.1, 0.15) is 12.4 Å². The van der Waals surface area contributed by atoms with Gasteiger partial charge in [-0.1, -0.05) is 23.7 Å². The van der Waals surface area contributed by atoms with Crippen molar-refractivity contribution in [3.8, 4) is 5.75 Å². The van der Waals surface area contributed by atoms with E-state index < -0.39 is 0 Å². The summed E-state index contributed by atoms with van der Waals surface area (Å²) < 4.78 is 7.88. The van der Waals surface area contributed by atoms with Crippen LogP contribution in [0.5, 0.6) is 5.75 Å². The number of carbonyl (C=O) groups excluding carboxylic acids is 1. The van der Waals surface area contributed by atoms with Gasteiger partial charge in [0.2, 0.25) is 5.91 Å². The first-order valence-electron chi connectivity index (χ1n) is 8.87. The number of nitrogens with zero attached hydrogens (tertiary/aromatic N) is 1. The first-order valence-corrected chi connectivity index (χ1v) is 12.1. The first-order chi connectivity index (χ1) is 14.5. The van der Waals surface area contributed by atoms with Gasteiger partial charge in [-0.3, -0.25) is 4.79 Å².